The van der Waals surface area contributed by atoms with E-state index in [4.69, 9.17) is 0 Å². The van der Waals surface area contributed by atoms with Crippen LogP contribution in [0.4, 0.5) is 5.69 Å². The number of benzene rings is 2. The summed E-state index contributed by atoms with van der Waals surface area (Å²) in [6.45, 7) is 1.01. The highest BCUT2D eigenvalue weighted by atomic mass is 32.2. The second kappa shape index (κ2) is 7.70. The van der Waals surface area contributed by atoms with Gasteiger partial charge in [-0.05, 0) is 30.0 Å². The Labute approximate surface area is 165 Å². The van der Waals surface area contributed by atoms with Crippen LogP contribution in [0.1, 0.15) is 12.0 Å². The van der Waals surface area contributed by atoms with E-state index in [1.807, 2.05) is 54.8 Å². The summed E-state index contributed by atoms with van der Waals surface area (Å²) in [7, 11) is 0. The maximum atomic E-state index is 12.6. The molecule has 0 unspecified atom stereocenters. The minimum Gasteiger partial charge on any atom is -0.338 e. The van der Waals surface area contributed by atoms with Crippen molar-refractivity contribution in [2.45, 2.75) is 17.3 Å². The van der Waals surface area contributed by atoms with Crippen molar-refractivity contribution in [3.63, 3.8) is 0 Å². The van der Waals surface area contributed by atoms with Gasteiger partial charge in [0.05, 0.1) is 16.1 Å². The fraction of sp³-hybridized carbons (Fsp3) is 0.250. The van der Waals surface area contributed by atoms with E-state index in [0.29, 0.717) is 13.1 Å². The molecule has 0 bridgehead atoms. The van der Waals surface area contributed by atoms with E-state index in [0.717, 1.165) is 25.8 Å². The number of likely N-dealkylation sites (tertiary alicyclic amines) is 1. The molecule has 1 aliphatic heterocycles. The molecule has 1 aliphatic rings. The molecular weight excluding hydrogens is 378 g/mol. The quantitative estimate of drug-likeness (QED) is 0.661. The first kappa shape index (κ1) is 18.0. The van der Waals surface area contributed by atoms with E-state index in [9.17, 15) is 9.59 Å². The van der Waals surface area contributed by atoms with Crippen LogP contribution in [0.2, 0.25) is 0 Å². The first-order valence-corrected chi connectivity index (χ1v) is 10.7. The van der Waals surface area contributed by atoms with Gasteiger partial charge in [0.1, 0.15) is 0 Å². The summed E-state index contributed by atoms with van der Waals surface area (Å²) < 4.78 is 2.05. The first-order chi connectivity index (χ1) is 13.1. The molecular formula is C20H19N3O2S2. The zero-order valence-corrected chi connectivity index (χ0v) is 16.5. The van der Waals surface area contributed by atoms with Crippen molar-refractivity contribution in [1.29, 1.82) is 0 Å². The van der Waals surface area contributed by atoms with Gasteiger partial charge in [0.2, 0.25) is 11.8 Å². The maximum absolute atomic E-state index is 12.6. The van der Waals surface area contributed by atoms with Crippen molar-refractivity contribution < 1.29 is 9.59 Å². The van der Waals surface area contributed by atoms with Crippen LogP contribution in [0.25, 0.3) is 10.2 Å². The van der Waals surface area contributed by atoms with E-state index < -0.39 is 0 Å². The SMILES string of the molecule is CSc1nc2ccc(NC(=O)[C@H]3CC(=O)N(Cc4ccccc4)C3)cc2s1. The highest BCUT2D eigenvalue weighted by Crippen LogP contribution is 2.30. The van der Waals surface area contributed by atoms with Gasteiger partial charge in [0.25, 0.3) is 0 Å². The normalized spacial score (nSPS) is 16.9. The number of hydrogen-bond acceptors (Lipinski definition) is 5. The van der Waals surface area contributed by atoms with Gasteiger partial charge in [-0.2, -0.15) is 0 Å². The monoisotopic (exact) mass is 397 g/mol. The lowest BCUT2D eigenvalue weighted by Gasteiger charge is -2.16. The fourth-order valence-corrected chi connectivity index (χ4v) is 4.75. The number of nitrogens with zero attached hydrogens (tertiary/aromatic N) is 2. The zero-order valence-electron chi connectivity index (χ0n) is 14.8. The Morgan fingerprint density at radius 2 is 2.11 bits per heavy atom. The molecule has 1 saturated heterocycles. The summed E-state index contributed by atoms with van der Waals surface area (Å²) >= 11 is 3.22. The standard InChI is InChI=1S/C20H19N3O2S2/c1-26-20-22-16-8-7-15(10-17(16)27-20)21-19(25)14-9-18(24)23(12-14)11-13-5-3-2-4-6-13/h2-8,10,14H,9,11-12H2,1H3,(H,21,25)/t14-/m0/s1. The molecule has 2 heterocycles. The van der Waals surface area contributed by atoms with E-state index >= 15 is 0 Å². The van der Waals surface area contributed by atoms with Crippen molar-refractivity contribution >= 4 is 50.8 Å². The van der Waals surface area contributed by atoms with Gasteiger partial charge < -0.3 is 10.2 Å². The molecule has 5 nitrogen and oxygen atoms in total. The molecule has 7 heteroatoms. The average molecular weight is 398 g/mol. The van der Waals surface area contributed by atoms with Gasteiger partial charge in [0, 0.05) is 25.2 Å². The number of thiazole rings is 1. The van der Waals surface area contributed by atoms with Crippen LogP contribution >= 0.6 is 23.1 Å². The summed E-state index contributed by atoms with van der Waals surface area (Å²) in [6, 6.07) is 15.6. The van der Waals surface area contributed by atoms with Gasteiger partial charge in [-0.3, -0.25) is 9.59 Å². The van der Waals surface area contributed by atoms with Gasteiger partial charge in [-0.1, -0.05) is 42.1 Å². The van der Waals surface area contributed by atoms with E-state index in [2.05, 4.69) is 10.3 Å². The topological polar surface area (TPSA) is 62.3 Å². The number of hydrogen-bond donors (Lipinski definition) is 1. The van der Waals surface area contributed by atoms with Crippen LogP contribution in [-0.2, 0) is 16.1 Å². The van der Waals surface area contributed by atoms with E-state index in [-0.39, 0.29) is 24.2 Å². The number of thioether (sulfide) groups is 1. The summed E-state index contributed by atoms with van der Waals surface area (Å²) in [5.74, 6) is -0.394. The summed E-state index contributed by atoms with van der Waals surface area (Å²) in [6.07, 6.45) is 2.26. The van der Waals surface area contributed by atoms with Gasteiger partial charge in [-0.15, -0.1) is 11.3 Å². The lowest BCUT2D eigenvalue weighted by atomic mass is 10.1. The van der Waals surface area contributed by atoms with Crippen LogP contribution in [0.3, 0.4) is 0 Å². The first-order valence-electron chi connectivity index (χ1n) is 8.69. The van der Waals surface area contributed by atoms with Crippen molar-refractivity contribution in [2.75, 3.05) is 18.1 Å². The summed E-state index contributed by atoms with van der Waals surface area (Å²) in [4.78, 5) is 31.2. The Bertz CT molecular complexity index is 987. The second-order valence-corrected chi connectivity index (χ2v) is 8.60. The molecule has 27 heavy (non-hydrogen) atoms. The van der Waals surface area contributed by atoms with E-state index in [1.54, 1.807) is 28.0 Å². The molecule has 1 N–H and O–H groups in total. The highest BCUT2D eigenvalue weighted by Gasteiger charge is 2.34. The van der Waals surface area contributed by atoms with Crippen molar-refractivity contribution in [1.82, 2.24) is 9.88 Å². The largest absolute Gasteiger partial charge is 0.338 e. The number of carbonyl (C=O) groups is 2. The Kier molecular flexibility index (Phi) is 5.13. The molecule has 1 atom stereocenters. The molecule has 4 rings (SSSR count). The Balaban J connectivity index is 1.42. The minimum absolute atomic E-state index is 0.0292. The molecule has 3 aromatic rings. The lowest BCUT2D eigenvalue weighted by molar-refractivity contribution is -0.128. The number of rotatable bonds is 5. The van der Waals surface area contributed by atoms with Crippen LogP contribution in [0, 0.1) is 5.92 Å². The third-order valence-corrected chi connectivity index (χ3v) is 6.62. The van der Waals surface area contributed by atoms with Gasteiger partial charge >= 0.3 is 0 Å². The number of fused-ring (bicyclic) bond motifs is 1. The van der Waals surface area contributed by atoms with Crippen LogP contribution in [0.15, 0.2) is 52.9 Å². The molecule has 0 saturated carbocycles. The van der Waals surface area contributed by atoms with Gasteiger partial charge in [-0.25, -0.2) is 4.98 Å². The fourth-order valence-electron chi connectivity index (χ4n) is 3.22. The molecule has 1 aromatic heterocycles. The molecule has 1 fully saturated rings. The summed E-state index contributed by atoms with van der Waals surface area (Å²) in [5, 5.41) is 2.96. The molecule has 2 amide bonds. The van der Waals surface area contributed by atoms with Crippen molar-refractivity contribution in [3.05, 3.63) is 54.1 Å². The molecule has 138 valence electrons. The van der Waals surface area contributed by atoms with Crippen molar-refractivity contribution in [2.24, 2.45) is 5.92 Å². The predicted octanol–water partition coefficient (Wildman–Crippen LogP) is 4.01. The number of carbonyl (C=O) groups excluding carboxylic acids is 2. The zero-order chi connectivity index (χ0) is 18.8. The van der Waals surface area contributed by atoms with Crippen LogP contribution in [0.5, 0.6) is 0 Å². The molecule has 0 radical (unpaired) electrons. The lowest BCUT2D eigenvalue weighted by Crippen LogP contribution is -2.28. The number of nitrogens with one attached hydrogen (secondary N) is 1. The highest BCUT2D eigenvalue weighted by molar-refractivity contribution is 8.00. The minimum atomic E-state index is -0.319. The average Bonchev–Trinajstić information content (AvgIpc) is 3.25. The Morgan fingerprint density at radius 1 is 1.30 bits per heavy atom. The molecule has 2 aromatic carbocycles. The Hall–Kier alpha value is -2.38. The van der Waals surface area contributed by atoms with E-state index in [1.165, 1.54) is 0 Å². The van der Waals surface area contributed by atoms with Crippen LogP contribution < -0.4 is 5.32 Å². The number of aromatic nitrogens is 1. The predicted molar refractivity (Wildman–Crippen MR) is 110 cm³/mol. The maximum Gasteiger partial charge on any atom is 0.229 e. The molecule has 0 aliphatic carbocycles. The number of anilines is 1. The molecule has 0 spiro atoms. The van der Waals surface area contributed by atoms with Crippen LogP contribution in [-0.4, -0.2) is 34.5 Å². The Morgan fingerprint density at radius 3 is 2.89 bits per heavy atom. The van der Waals surface area contributed by atoms with Crippen molar-refractivity contribution in [3.8, 4) is 0 Å². The smallest absolute Gasteiger partial charge is 0.229 e. The third kappa shape index (κ3) is 3.99. The third-order valence-electron chi connectivity index (χ3n) is 4.61. The second-order valence-electron chi connectivity index (χ2n) is 6.52. The van der Waals surface area contributed by atoms with Gasteiger partial charge in [0.15, 0.2) is 4.34 Å². The number of amides is 2. The summed E-state index contributed by atoms with van der Waals surface area (Å²) in [5.41, 5.74) is 2.76.